The summed E-state index contributed by atoms with van der Waals surface area (Å²) in [7, 11) is 0.661. The summed E-state index contributed by atoms with van der Waals surface area (Å²) in [5.74, 6) is 0.363. The minimum Gasteiger partial charge on any atom is -0.507 e. The third-order valence-corrected chi connectivity index (χ3v) is 6.24. The van der Waals surface area contributed by atoms with E-state index in [2.05, 4.69) is 23.7 Å². The maximum absolute atomic E-state index is 12.5. The summed E-state index contributed by atoms with van der Waals surface area (Å²) < 4.78 is 31.3. The molecule has 0 aromatic heterocycles. The molecule has 0 saturated carbocycles. The fourth-order valence-electron chi connectivity index (χ4n) is 2.71. The summed E-state index contributed by atoms with van der Waals surface area (Å²) in [4.78, 5) is 6.49. The van der Waals surface area contributed by atoms with Crippen molar-refractivity contribution in [2.45, 2.75) is 18.7 Å². The lowest BCUT2D eigenvalue weighted by Gasteiger charge is -2.21. The number of methoxy groups -OCH3 is 1. The van der Waals surface area contributed by atoms with Crippen molar-refractivity contribution in [1.82, 2.24) is 4.31 Å². The van der Waals surface area contributed by atoms with E-state index in [4.69, 9.17) is 4.74 Å². The molecule has 28 heavy (non-hydrogen) atoms. The van der Waals surface area contributed by atoms with Gasteiger partial charge >= 0.3 is 0 Å². The first-order valence-corrected chi connectivity index (χ1v) is 10.4. The molecule has 0 saturated heterocycles. The van der Waals surface area contributed by atoms with E-state index in [0.717, 1.165) is 23.1 Å². The van der Waals surface area contributed by atoms with Crippen molar-refractivity contribution in [2.75, 3.05) is 39.2 Å². The van der Waals surface area contributed by atoms with E-state index in [0.29, 0.717) is 11.3 Å². The highest BCUT2D eigenvalue weighted by Gasteiger charge is 2.22. The molecule has 7 nitrogen and oxygen atoms in total. The van der Waals surface area contributed by atoms with Crippen molar-refractivity contribution in [2.24, 2.45) is 4.99 Å². The topological polar surface area (TPSA) is 82.4 Å². The molecule has 0 unspecified atom stereocenters. The van der Waals surface area contributed by atoms with Crippen LogP contribution in [0.15, 0.2) is 46.3 Å². The molecular weight excluding hydrogens is 378 g/mol. The van der Waals surface area contributed by atoms with Gasteiger partial charge in [0.15, 0.2) is 0 Å². The molecule has 0 amide bonds. The highest BCUT2D eigenvalue weighted by Crippen LogP contribution is 2.30. The number of phenols is 1. The summed E-state index contributed by atoms with van der Waals surface area (Å²) >= 11 is 0. The van der Waals surface area contributed by atoms with Crippen LogP contribution < -0.4 is 9.64 Å². The van der Waals surface area contributed by atoms with Crippen LogP contribution in [0.1, 0.15) is 19.4 Å². The monoisotopic (exact) mass is 405 g/mol. The van der Waals surface area contributed by atoms with Crippen LogP contribution in [0.25, 0.3) is 0 Å². The molecule has 2 aromatic carbocycles. The minimum absolute atomic E-state index is 0.0377. The van der Waals surface area contributed by atoms with Crippen molar-refractivity contribution in [1.29, 1.82) is 0 Å². The van der Waals surface area contributed by atoms with Gasteiger partial charge in [-0.2, -0.15) is 0 Å². The molecule has 0 bridgehead atoms. The summed E-state index contributed by atoms with van der Waals surface area (Å²) in [5, 5.41) is 10.3. The van der Waals surface area contributed by atoms with E-state index in [1.54, 1.807) is 24.3 Å². The van der Waals surface area contributed by atoms with Gasteiger partial charge in [-0.15, -0.1) is 0 Å². The first-order chi connectivity index (χ1) is 13.2. The lowest BCUT2D eigenvalue weighted by atomic mass is 10.2. The van der Waals surface area contributed by atoms with Crippen molar-refractivity contribution in [3.63, 3.8) is 0 Å². The van der Waals surface area contributed by atoms with Crippen LogP contribution >= 0.6 is 0 Å². The number of aromatic hydroxyl groups is 1. The zero-order valence-electron chi connectivity index (χ0n) is 16.9. The second kappa shape index (κ2) is 9.07. The van der Waals surface area contributed by atoms with Crippen LogP contribution in [0.3, 0.4) is 0 Å². The number of rotatable bonds is 8. The maximum Gasteiger partial charge on any atom is 0.246 e. The predicted molar refractivity (Wildman–Crippen MR) is 113 cm³/mol. The minimum atomic E-state index is -3.67. The average molecular weight is 406 g/mol. The predicted octanol–water partition coefficient (Wildman–Crippen LogP) is 3.25. The van der Waals surface area contributed by atoms with Gasteiger partial charge in [-0.25, -0.2) is 12.7 Å². The van der Waals surface area contributed by atoms with Crippen LogP contribution in [0.5, 0.6) is 11.5 Å². The van der Waals surface area contributed by atoms with E-state index in [1.807, 2.05) is 6.07 Å². The number of hydrogen-bond acceptors (Lipinski definition) is 6. The van der Waals surface area contributed by atoms with Crippen molar-refractivity contribution in [3.8, 4) is 11.5 Å². The van der Waals surface area contributed by atoms with Crippen LogP contribution in [-0.4, -0.2) is 58.3 Å². The Hall–Kier alpha value is -2.58. The molecule has 0 heterocycles. The molecule has 1 N–H and O–H groups in total. The summed E-state index contributed by atoms with van der Waals surface area (Å²) in [6, 6.07) is 10.1. The molecule has 0 aliphatic rings. The highest BCUT2D eigenvalue weighted by molar-refractivity contribution is 7.89. The van der Waals surface area contributed by atoms with Gasteiger partial charge in [0.25, 0.3) is 0 Å². The Bertz CT molecular complexity index is 952. The number of phenolic OH excluding ortho intramolecular Hbond substituents is 1. The quantitative estimate of drug-likeness (QED) is 0.682. The second-order valence-electron chi connectivity index (χ2n) is 6.30. The maximum atomic E-state index is 12.5. The SMILES string of the molecule is CCN(CC)c1ccc(C=Nc2ccc(OC)c(S(=O)(=O)N(C)C)c2)c(O)c1. The van der Waals surface area contributed by atoms with Gasteiger partial charge in [0.1, 0.15) is 16.4 Å². The molecule has 152 valence electrons. The van der Waals surface area contributed by atoms with E-state index < -0.39 is 10.0 Å². The van der Waals surface area contributed by atoms with Crippen LogP contribution in [-0.2, 0) is 10.0 Å². The van der Waals surface area contributed by atoms with Crippen molar-refractivity contribution in [3.05, 3.63) is 42.0 Å². The standard InChI is InChI=1S/C20H27N3O4S/c1-6-23(7-2)17-10-8-15(18(24)13-17)14-21-16-9-11-19(27-5)20(12-16)28(25,26)22(3)4/h8-14,24H,6-7H2,1-5H3. The van der Waals surface area contributed by atoms with Gasteiger partial charge in [0.2, 0.25) is 10.0 Å². The first-order valence-electron chi connectivity index (χ1n) is 8.97. The molecule has 2 rings (SSSR count). The highest BCUT2D eigenvalue weighted by atomic mass is 32.2. The largest absolute Gasteiger partial charge is 0.507 e. The molecule has 0 aliphatic heterocycles. The summed E-state index contributed by atoms with van der Waals surface area (Å²) in [6.45, 7) is 5.80. The van der Waals surface area contributed by atoms with Crippen LogP contribution in [0.2, 0.25) is 0 Å². The third kappa shape index (κ3) is 4.63. The molecular formula is C20H27N3O4S. The number of sulfonamides is 1. The molecule has 2 aromatic rings. The summed E-state index contributed by atoms with van der Waals surface area (Å²) in [5.41, 5.74) is 1.92. The Morgan fingerprint density at radius 3 is 2.32 bits per heavy atom. The Morgan fingerprint density at radius 2 is 1.79 bits per heavy atom. The molecule has 0 atom stereocenters. The van der Waals surface area contributed by atoms with E-state index >= 15 is 0 Å². The van der Waals surface area contributed by atoms with E-state index in [9.17, 15) is 13.5 Å². The smallest absolute Gasteiger partial charge is 0.246 e. The number of benzene rings is 2. The Kier molecular flexibility index (Phi) is 7.04. The third-order valence-electron chi connectivity index (χ3n) is 4.40. The van der Waals surface area contributed by atoms with E-state index in [-0.39, 0.29) is 16.4 Å². The normalized spacial score (nSPS) is 11.9. The average Bonchev–Trinajstić information content (AvgIpc) is 2.68. The van der Waals surface area contributed by atoms with Gasteiger partial charge in [-0.3, -0.25) is 4.99 Å². The lowest BCUT2D eigenvalue weighted by Crippen LogP contribution is -2.22. The van der Waals surface area contributed by atoms with Crippen molar-refractivity contribution < 1.29 is 18.3 Å². The molecule has 0 spiro atoms. The Balaban J connectivity index is 2.37. The van der Waals surface area contributed by atoms with Crippen LogP contribution in [0.4, 0.5) is 11.4 Å². The number of nitrogens with zero attached hydrogens (tertiary/aromatic N) is 3. The van der Waals surface area contributed by atoms with Gasteiger partial charge < -0.3 is 14.7 Å². The van der Waals surface area contributed by atoms with Gasteiger partial charge in [0, 0.05) is 50.7 Å². The molecule has 0 radical (unpaired) electrons. The number of anilines is 1. The number of aliphatic imine (C=N–C) groups is 1. The van der Waals surface area contributed by atoms with Crippen molar-refractivity contribution >= 4 is 27.6 Å². The van der Waals surface area contributed by atoms with E-state index in [1.165, 1.54) is 33.5 Å². The first kappa shape index (κ1) is 21.7. The molecule has 0 aliphatic carbocycles. The zero-order valence-corrected chi connectivity index (χ0v) is 17.7. The fourth-order valence-corrected chi connectivity index (χ4v) is 3.78. The van der Waals surface area contributed by atoms with Crippen LogP contribution in [0, 0.1) is 0 Å². The second-order valence-corrected chi connectivity index (χ2v) is 8.42. The summed E-state index contributed by atoms with van der Waals surface area (Å²) in [6.07, 6.45) is 1.51. The zero-order chi connectivity index (χ0) is 20.9. The lowest BCUT2D eigenvalue weighted by molar-refractivity contribution is 0.400. The molecule has 0 fully saturated rings. The molecule has 8 heteroatoms. The Labute approximate surface area is 166 Å². The van der Waals surface area contributed by atoms with Gasteiger partial charge in [0.05, 0.1) is 12.8 Å². The fraction of sp³-hybridized carbons (Fsp3) is 0.350. The Morgan fingerprint density at radius 1 is 1.11 bits per heavy atom. The van der Waals surface area contributed by atoms with Gasteiger partial charge in [-0.1, -0.05) is 0 Å². The number of ether oxygens (including phenoxy) is 1. The van der Waals surface area contributed by atoms with Gasteiger partial charge in [-0.05, 0) is 44.2 Å². The number of hydrogen-bond donors (Lipinski definition) is 1.